The van der Waals surface area contributed by atoms with E-state index in [1.807, 2.05) is 0 Å². The quantitative estimate of drug-likeness (QED) is 0.255. The summed E-state index contributed by atoms with van der Waals surface area (Å²) in [5.74, 6) is -3.36. The van der Waals surface area contributed by atoms with E-state index in [0.717, 1.165) is 6.21 Å². The van der Waals surface area contributed by atoms with Crippen LogP contribution in [0.2, 0.25) is 0 Å². The van der Waals surface area contributed by atoms with Gasteiger partial charge in [0.25, 0.3) is 17.6 Å². The largest absolute Gasteiger partial charge is 0.593 e. The topological polar surface area (TPSA) is 166 Å². The van der Waals surface area contributed by atoms with E-state index in [1.54, 1.807) is 24.3 Å². The highest BCUT2D eigenvalue weighted by atomic mass is 19.3. The maximum Gasteiger partial charge on any atom is 0.271 e. The number of primary amides is 1. The standard InChI is InChI=1S/C20H23F2N7O2/c21-20(22)8-1-2-13(17(20)24)28-15-10-26-16(18(25)31)19(29-15)27-12-5-3-11(4-6-12)14(30)7-9-23/h3-7,9-10,13,17,23,30H,1-2,8,24H2,(H2,25,31)(H2,27,28,29)/p+1/b14-7-,23-9?/t13-,17-/m1/s1. The number of nitrogens with zero attached hydrogens (tertiary/aromatic N) is 2. The summed E-state index contributed by atoms with van der Waals surface area (Å²) in [6.07, 6.45) is 4.15. The Morgan fingerprint density at radius 3 is 2.68 bits per heavy atom. The first-order chi connectivity index (χ1) is 14.7. The minimum Gasteiger partial charge on any atom is -0.593 e. The summed E-state index contributed by atoms with van der Waals surface area (Å²) in [6, 6.07) is 4.58. The molecule has 0 saturated heterocycles. The third-order valence-corrected chi connectivity index (χ3v) is 4.99. The monoisotopic (exact) mass is 432 g/mol. The van der Waals surface area contributed by atoms with Crippen molar-refractivity contribution < 1.29 is 18.7 Å². The average molecular weight is 432 g/mol. The van der Waals surface area contributed by atoms with Crippen LogP contribution in [0.3, 0.4) is 0 Å². The zero-order valence-corrected chi connectivity index (χ0v) is 16.5. The van der Waals surface area contributed by atoms with Crippen molar-refractivity contribution in [3.63, 3.8) is 0 Å². The Bertz CT molecular complexity index is 996. The van der Waals surface area contributed by atoms with E-state index in [4.69, 9.17) is 22.0 Å². The highest BCUT2D eigenvalue weighted by Gasteiger charge is 2.44. The van der Waals surface area contributed by atoms with E-state index >= 15 is 0 Å². The first-order valence-electron chi connectivity index (χ1n) is 9.58. The Kier molecular flexibility index (Phi) is 6.44. The fraction of sp³-hybridized carbons (Fsp3) is 0.300. The van der Waals surface area contributed by atoms with Gasteiger partial charge in [-0.1, -0.05) is 0 Å². The second-order valence-corrected chi connectivity index (χ2v) is 7.20. The smallest absolute Gasteiger partial charge is 0.271 e. The van der Waals surface area contributed by atoms with E-state index < -0.39 is 23.9 Å². The second-order valence-electron chi connectivity index (χ2n) is 7.20. The lowest BCUT2D eigenvalue weighted by atomic mass is 9.87. The SMILES string of the molecule is N=C/C=C(\[OH2+])c1ccc(Nc2nc(N[C@@H]3CCCC(F)(F)[C@@H]3N)cnc2C(N)=O)cc1. The first-order valence-corrected chi connectivity index (χ1v) is 9.58. The molecule has 9 nitrogen and oxygen atoms in total. The summed E-state index contributed by atoms with van der Waals surface area (Å²) in [7, 11) is 0. The Hall–Kier alpha value is -3.60. The van der Waals surface area contributed by atoms with Crippen molar-refractivity contribution in [1.82, 2.24) is 9.97 Å². The Balaban J connectivity index is 1.83. The fourth-order valence-corrected chi connectivity index (χ4v) is 3.33. The Morgan fingerprint density at radius 1 is 1.32 bits per heavy atom. The van der Waals surface area contributed by atoms with E-state index in [9.17, 15) is 13.6 Å². The molecule has 0 unspecified atom stereocenters. The van der Waals surface area contributed by atoms with Crippen LogP contribution >= 0.6 is 0 Å². The van der Waals surface area contributed by atoms with Crippen LogP contribution in [-0.2, 0) is 0 Å². The molecular formula is C20H24F2N7O2+. The number of nitrogens with two attached hydrogens (primary N) is 2. The van der Waals surface area contributed by atoms with E-state index in [-0.39, 0.29) is 29.5 Å². The minimum atomic E-state index is -2.97. The lowest BCUT2D eigenvalue weighted by molar-refractivity contribution is -0.0554. The molecule has 1 fully saturated rings. The van der Waals surface area contributed by atoms with Gasteiger partial charge in [0.1, 0.15) is 5.82 Å². The van der Waals surface area contributed by atoms with Crippen LogP contribution in [0, 0.1) is 5.41 Å². The number of rotatable bonds is 7. The average Bonchev–Trinajstić information content (AvgIpc) is 2.72. The van der Waals surface area contributed by atoms with Crippen molar-refractivity contribution in [1.29, 1.82) is 5.41 Å². The van der Waals surface area contributed by atoms with Gasteiger partial charge in [0.15, 0.2) is 11.5 Å². The molecule has 3 rings (SSSR count). The van der Waals surface area contributed by atoms with Gasteiger partial charge in [0, 0.05) is 24.4 Å². The lowest BCUT2D eigenvalue weighted by Crippen LogP contribution is -2.55. The molecule has 1 heterocycles. The molecule has 1 amide bonds. The number of amides is 1. The number of carbonyl (C=O) groups is 1. The molecule has 1 aliphatic rings. The molecule has 1 aromatic heterocycles. The van der Waals surface area contributed by atoms with Crippen LogP contribution in [0.5, 0.6) is 0 Å². The highest BCUT2D eigenvalue weighted by Crippen LogP contribution is 2.33. The van der Waals surface area contributed by atoms with Crippen LogP contribution in [0.4, 0.5) is 26.1 Å². The molecule has 2 aromatic rings. The van der Waals surface area contributed by atoms with Crippen LogP contribution in [-0.4, -0.2) is 45.2 Å². The molecule has 0 aliphatic heterocycles. The number of aromatic nitrogens is 2. The van der Waals surface area contributed by atoms with Crippen LogP contribution in [0.15, 0.2) is 36.5 Å². The van der Waals surface area contributed by atoms with Gasteiger partial charge in [-0.05, 0) is 37.1 Å². The van der Waals surface area contributed by atoms with Crippen molar-refractivity contribution in [3.8, 4) is 0 Å². The maximum atomic E-state index is 13.9. The number of anilines is 3. The molecule has 0 spiro atoms. The molecule has 31 heavy (non-hydrogen) atoms. The number of hydrogen-bond donors (Lipinski definition) is 5. The summed E-state index contributed by atoms with van der Waals surface area (Å²) in [6.45, 7) is 0. The molecule has 164 valence electrons. The molecular weight excluding hydrogens is 408 g/mol. The number of allylic oxidation sites excluding steroid dienone is 1. The van der Waals surface area contributed by atoms with Gasteiger partial charge in [0.2, 0.25) is 0 Å². The van der Waals surface area contributed by atoms with Gasteiger partial charge in [-0.2, -0.15) is 0 Å². The fourth-order valence-electron chi connectivity index (χ4n) is 3.33. The second kappa shape index (κ2) is 9.04. The van der Waals surface area contributed by atoms with Gasteiger partial charge in [-0.15, -0.1) is 0 Å². The molecule has 1 aromatic carbocycles. The maximum absolute atomic E-state index is 13.9. The van der Waals surface area contributed by atoms with Crippen LogP contribution < -0.4 is 22.1 Å². The molecule has 1 saturated carbocycles. The lowest BCUT2D eigenvalue weighted by Gasteiger charge is -2.36. The summed E-state index contributed by atoms with van der Waals surface area (Å²) in [5.41, 5.74) is 12.1. The molecule has 0 bridgehead atoms. The first kappa shape index (κ1) is 22.1. The number of hydrogen-bond acceptors (Lipinski definition) is 7. The van der Waals surface area contributed by atoms with Crippen molar-refractivity contribution in [2.75, 3.05) is 10.6 Å². The van der Waals surface area contributed by atoms with E-state index in [2.05, 4.69) is 20.6 Å². The van der Waals surface area contributed by atoms with Gasteiger partial charge >= 0.3 is 0 Å². The van der Waals surface area contributed by atoms with Crippen molar-refractivity contribution in [2.45, 2.75) is 37.3 Å². The third kappa shape index (κ3) is 5.12. The molecule has 9 N–H and O–H groups in total. The van der Waals surface area contributed by atoms with Gasteiger partial charge in [0.05, 0.1) is 23.9 Å². The van der Waals surface area contributed by atoms with E-state index in [0.29, 0.717) is 24.1 Å². The summed E-state index contributed by atoms with van der Waals surface area (Å²) in [5, 5.41) is 20.7. The molecule has 1 aliphatic carbocycles. The number of benzene rings is 1. The zero-order valence-electron chi connectivity index (χ0n) is 16.5. The number of carbonyl (C=O) groups excluding carboxylic acids is 1. The summed E-state index contributed by atoms with van der Waals surface area (Å²) < 4.78 is 27.8. The highest BCUT2D eigenvalue weighted by molar-refractivity contribution is 5.96. The van der Waals surface area contributed by atoms with Crippen molar-refractivity contribution in [2.24, 2.45) is 11.5 Å². The third-order valence-electron chi connectivity index (χ3n) is 4.99. The van der Waals surface area contributed by atoms with Crippen molar-refractivity contribution >= 4 is 35.2 Å². The molecule has 0 radical (unpaired) electrons. The summed E-state index contributed by atoms with van der Waals surface area (Å²) >= 11 is 0. The predicted octanol–water partition coefficient (Wildman–Crippen LogP) is 1.96. The Morgan fingerprint density at radius 2 is 2.03 bits per heavy atom. The predicted molar refractivity (Wildman–Crippen MR) is 115 cm³/mol. The number of halogens is 2. The number of alkyl halides is 2. The zero-order chi connectivity index (χ0) is 22.6. The van der Waals surface area contributed by atoms with Gasteiger partial charge in [-0.3, -0.25) is 4.79 Å². The summed E-state index contributed by atoms with van der Waals surface area (Å²) in [4.78, 5) is 20.1. The number of nitrogens with one attached hydrogen (secondary N) is 3. The van der Waals surface area contributed by atoms with Gasteiger partial charge in [-0.25, -0.2) is 18.7 Å². The van der Waals surface area contributed by atoms with Crippen LogP contribution in [0.1, 0.15) is 35.3 Å². The normalized spacial score (nSPS) is 20.7. The Labute approximate surface area is 177 Å². The molecule has 2 atom stereocenters. The van der Waals surface area contributed by atoms with Crippen molar-refractivity contribution in [3.05, 3.63) is 47.8 Å². The van der Waals surface area contributed by atoms with E-state index in [1.165, 1.54) is 12.3 Å². The minimum absolute atomic E-state index is 0.0579. The van der Waals surface area contributed by atoms with Crippen LogP contribution in [0.25, 0.3) is 5.76 Å². The van der Waals surface area contributed by atoms with Gasteiger partial charge < -0.3 is 32.6 Å². The molecule has 11 heteroatoms.